The number of aryl methyl sites for hydroxylation is 1. The molecule has 0 saturated carbocycles. The van der Waals surface area contributed by atoms with Crippen LogP contribution in [0.3, 0.4) is 0 Å². The summed E-state index contributed by atoms with van der Waals surface area (Å²) in [5, 5.41) is 1.21. The smallest absolute Gasteiger partial charge is 0.143 e. The van der Waals surface area contributed by atoms with Crippen molar-refractivity contribution in [2.24, 2.45) is 11.7 Å². The first kappa shape index (κ1) is 13.4. The molecule has 0 aromatic carbocycles. The Balaban J connectivity index is 1.95. The largest absolute Gasteiger partial charge is 0.330 e. The van der Waals surface area contributed by atoms with Crippen LogP contribution in [-0.2, 0) is 6.42 Å². The van der Waals surface area contributed by atoms with Crippen LogP contribution in [0.4, 0.5) is 0 Å². The Bertz CT molecular complexity index is 442. The molecule has 3 nitrogen and oxygen atoms in total. The molecule has 1 unspecified atom stereocenters. The Labute approximate surface area is 112 Å². The summed E-state index contributed by atoms with van der Waals surface area (Å²) >= 11 is 1.72. The molecule has 0 aliphatic carbocycles. The van der Waals surface area contributed by atoms with E-state index >= 15 is 0 Å². The van der Waals surface area contributed by atoms with E-state index in [0.717, 1.165) is 35.7 Å². The Morgan fingerprint density at radius 2 is 2.22 bits per heavy atom. The highest BCUT2D eigenvalue weighted by atomic mass is 32.1. The van der Waals surface area contributed by atoms with Crippen LogP contribution in [0, 0.1) is 5.92 Å². The van der Waals surface area contributed by atoms with Crippen LogP contribution < -0.4 is 5.73 Å². The van der Waals surface area contributed by atoms with E-state index in [2.05, 4.69) is 16.9 Å². The van der Waals surface area contributed by atoms with Gasteiger partial charge in [-0.15, -0.1) is 0 Å². The number of rotatable bonds is 7. The molecule has 2 N–H and O–H groups in total. The molecule has 0 saturated heterocycles. The van der Waals surface area contributed by atoms with E-state index in [4.69, 9.17) is 5.73 Å². The number of aromatic nitrogens is 2. The summed E-state index contributed by atoms with van der Waals surface area (Å²) in [6.45, 7) is 3.04. The first-order chi connectivity index (χ1) is 8.83. The fourth-order valence-electron chi connectivity index (χ4n) is 2.33. The molecule has 2 rings (SSSR count). The minimum Gasteiger partial charge on any atom is -0.330 e. The topological polar surface area (TPSA) is 51.8 Å². The molecule has 0 fully saturated rings. The molecule has 1 atom stereocenters. The number of hydrogen-bond donors (Lipinski definition) is 1. The van der Waals surface area contributed by atoms with E-state index in [1.807, 2.05) is 18.3 Å². The van der Waals surface area contributed by atoms with Crippen LogP contribution in [0.2, 0.25) is 0 Å². The number of pyridine rings is 1. The maximum atomic E-state index is 5.67. The monoisotopic (exact) mass is 263 g/mol. The van der Waals surface area contributed by atoms with Gasteiger partial charge in [-0.25, -0.2) is 9.97 Å². The van der Waals surface area contributed by atoms with Crippen molar-refractivity contribution in [2.75, 3.05) is 6.54 Å². The zero-order chi connectivity index (χ0) is 12.8. The highest BCUT2D eigenvalue weighted by Gasteiger charge is 2.10. The third-order valence-corrected chi connectivity index (χ3v) is 4.29. The minimum absolute atomic E-state index is 0.750. The maximum absolute atomic E-state index is 5.67. The molecule has 2 aromatic rings. The predicted molar refractivity (Wildman–Crippen MR) is 77.8 cm³/mol. The standard InChI is InChI=1S/C14H21N3S/c1-2-4-11(8-9-15)6-7-13-17-12-5-3-10-16-14(12)18-13/h3,5,10-11H,2,4,6-9,15H2,1H3. The van der Waals surface area contributed by atoms with E-state index in [-0.39, 0.29) is 0 Å². The number of fused-ring (bicyclic) bond motifs is 1. The normalized spacial score (nSPS) is 13.0. The molecule has 0 bridgehead atoms. The van der Waals surface area contributed by atoms with Crippen LogP contribution in [0.15, 0.2) is 18.3 Å². The summed E-state index contributed by atoms with van der Waals surface area (Å²) in [5.41, 5.74) is 6.70. The van der Waals surface area contributed by atoms with Gasteiger partial charge in [-0.05, 0) is 43.9 Å². The Kier molecular flexibility index (Phi) is 5.08. The zero-order valence-electron chi connectivity index (χ0n) is 10.9. The van der Waals surface area contributed by atoms with Gasteiger partial charge in [-0.1, -0.05) is 31.1 Å². The van der Waals surface area contributed by atoms with Gasteiger partial charge < -0.3 is 5.73 Å². The van der Waals surface area contributed by atoms with E-state index in [0.29, 0.717) is 0 Å². The van der Waals surface area contributed by atoms with Gasteiger partial charge in [-0.3, -0.25) is 0 Å². The number of nitrogens with two attached hydrogens (primary N) is 1. The molecule has 2 aromatic heterocycles. The molecule has 0 aliphatic rings. The second kappa shape index (κ2) is 6.81. The van der Waals surface area contributed by atoms with Gasteiger partial charge in [0.1, 0.15) is 10.3 Å². The van der Waals surface area contributed by atoms with Gasteiger partial charge in [0.25, 0.3) is 0 Å². The van der Waals surface area contributed by atoms with Crippen molar-refractivity contribution >= 4 is 21.7 Å². The van der Waals surface area contributed by atoms with Gasteiger partial charge in [0.15, 0.2) is 0 Å². The Morgan fingerprint density at radius 1 is 1.33 bits per heavy atom. The van der Waals surface area contributed by atoms with E-state index in [1.165, 1.54) is 24.3 Å². The minimum atomic E-state index is 0.750. The third kappa shape index (κ3) is 3.50. The van der Waals surface area contributed by atoms with Crippen molar-refractivity contribution < 1.29 is 0 Å². The molecule has 0 amide bonds. The lowest BCUT2D eigenvalue weighted by Crippen LogP contribution is -2.09. The average Bonchev–Trinajstić information content (AvgIpc) is 2.79. The summed E-state index contributed by atoms with van der Waals surface area (Å²) in [7, 11) is 0. The number of nitrogens with zero attached hydrogens (tertiary/aromatic N) is 2. The van der Waals surface area contributed by atoms with Gasteiger partial charge in [0.05, 0.1) is 5.01 Å². The van der Waals surface area contributed by atoms with Crippen molar-refractivity contribution in [1.82, 2.24) is 9.97 Å². The first-order valence-electron chi connectivity index (χ1n) is 6.74. The molecular formula is C14H21N3S. The highest BCUT2D eigenvalue weighted by Crippen LogP contribution is 2.23. The second-order valence-corrected chi connectivity index (χ2v) is 5.77. The van der Waals surface area contributed by atoms with Crippen LogP contribution in [0.5, 0.6) is 0 Å². The van der Waals surface area contributed by atoms with Crippen molar-refractivity contribution in [3.05, 3.63) is 23.3 Å². The highest BCUT2D eigenvalue weighted by molar-refractivity contribution is 7.18. The summed E-state index contributed by atoms with van der Waals surface area (Å²) in [4.78, 5) is 10.0. The molecule has 0 aliphatic heterocycles. The maximum Gasteiger partial charge on any atom is 0.143 e. The van der Waals surface area contributed by atoms with Gasteiger partial charge in [-0.2, -0.15) is 0 Å². The summed E-state index contributed by atoms with van der Waals surface area (Å²) in [6, 6.07) is 3.98. The molecule has 2 heterocycles. The van der Waals surface area contributed by atoms with Crippen LogP contribution in [0.25, 0.3) is 10.3 Å². The predicted octanol–water partition coefficient (Wildman–Crippen LogP) is 3.39. The van der Waals surface area contributed by atoms with Crippen molar-refractivity contribution in [1.29, 1.82) is 0 Å². The lowest BCUT2D eigenvalue weighted by atomic mass is 9.95. The van der Waals surface area contributed by atoms with Gasteiger partial charge >= 0.3 is 0 Å². The van der Waals surface area contributed by atoms with Crippen molar-refractivity contribution in [3.8, 4) is 0 Å². The summed E-state index contributed by atoms with van der Waals surface area (Å²) < 4.78 is 0. The SMILES string of the molecule is CCCC(CCN)CCc1nc2cccnc2s1. The van der Waals surface area contributed by atoms with E-state index < -0.39 is 0 Å². The fourth-order valence-corrected chi connectivity index (χ4v) is 3.25. The molecular weight excluding hydrogens is 242 g/mol. The molecule has 0 radical (unpaired) electrons. The van der Waals surface area contributed by atoms with E-state index in [9.17, 15) is 0 Å². The molecule has 18 heavy (non-hydrogen) atoms. The van der Waals surface area contributed by atoms with Crippen LogP contribution in [-0.4, -0.2) is 16.5 Å². The van der Waals surface area contributed by atoms with Crippen molar-refractivity contribution in [2.45, 2.75) is 39.0 Å². The fraction of sp³-hybridized carbons (Fsp3) is 0.571. The molecule has 4 heteroatoms. The average molecular weight is 263 g/mol. The van der Waals surface area contributed by atoms with Gasteiger partial charge in [0.2, 0.25) is 0 Å². The Hall–Kier alpha value is -1.00. The lowest BCUT2D eigenvalue weighted by Gasteiger charge is -2.13. The zero-order valence-corrected chi connectivity index (χ0v) is 11.7. The summed E-state index contributed by atoms with van der Waals surface area (Å²) in [5.74, 6) is 0.750. The lowest BCUT2D eigenvalue weighted by molar-refractivity contribution is 0.421. The van der Waals surface area contributed by atoms with Crippen LogP contribution in [0.1, 0.15) is 37.6 Å². The first-order valence-corrected chi connectivity index (χ1v) is 7.55. The Morgan fingerprint density at radius 3 is 2.94 bits per heavy atom. The quantitative estimate of drug-likeness (QED) is 0.833. The van der Waals surface area contributed by atoms with Gasteiger partial charge in [0, 0.05) is 6.20 Å². The summed E-state index contributed by atoms with van der Waals surface area (Å²) in [6.07, 6.45) is 7.75. The number of hydrogen-bond acceptors (Lipinski definition) is 4. The van der Waals surface area contributed by atoms with Crippen LogP contribution >= 0.6 is 11.3 Å². The second-order valence-electron chi connectivity index (χ2n) is 4.71. The third-order valence-electron chi connectivity index (χ3n) is 3.25. The van der Waals surface area contributed by atoms with E-state index in [1.54, 1.807) is 11.3 Å². The van der Waals surface area contributed by atoms with Crippen molar-refractivity contribution in [3.63, 3.8) is 0 Å². The molecule has 98 valence electrons. The number of thiazole rings is 1. The molecule has 0 spiro atoms.